The van der Waals surface area contributed by atoms with Crippen LogP contribution in [0.2, 0.25) is 0 Å². The zero-order valence-electron chi connectivity index (χ0n) is 13.7. The van der Waals surface area contributed by atoms with Crippen LogP contribution >= 0.6 is 0 Å². The van der Waals surface area contributed by atoms with Gasteiger partial charge in [0, 0.05) is 24.7 Å². The third-order valence-corrected chi connectivity index (χ3v) is 4.03. The van der Waals surface area contributed by atoms with E-state index in [9.17, 15) is 5.11 Å². The topological polar surface area (TPSA) is 73.3 Å². The van der Waals surface area contributed by atoms with Crippen LogP contribution in [0, 0.1) is 22.7 Å². The van der Waals surface area contributed by atoms with Crippen molar-refractivity contribution >= 4 is 5.65 Å². The SMILES string of the molecule is CC(C)C(O)C(C)(C)CNCc1cnc2ccc(C#N)cn12. The number of pyridine rings is 1. The lowest BCUT2D eigenvalue weighted by Crippen LogP contribution is -2.41. The number of nitrogens with zero attached hydrogens (tertiary/aromatic N) is 3. The summed E-state index contributed by atoms with van der Waals surface area (Å²) in [4.78, 5) is 4.34. The average molecular weight is 300 g/mol. The molecule has 0 amide bonds. The van der Waals surface area contributed by atoms with Gasteiger partial charge >= 0.3 is 0 Å². The second-order valence-corrected chi connectivity index (χ2v) is 6.79. The molecule has 0 saturated heterocycles. The Balaban J connectivity index is 2.05. The quantitative estimate of drug-likeness (QED) is 0.859. The normalized spacial score (nSPS) is 13.5. The summed E-state index contributed by atoms with van der Waals surface area (Å²) < 4.78 is 1.93. The van der Waals surface area contributed by atoms with Gasteiger partial charge in [0.25, 0.3) is 0 Å². The van der Waals surface area contributed by atoms with Crippen LogP contribution in [0.5, 0.6) is 0 Å². The molecule has 0 radical (unpaired) electrons. The van der Waals surface area contributed by atoms with Crippen LogP contribution in [0.15, 0.2) is 24.5 Å². The fourth-order valence-electron chi connectivity index (χ4n) is 2.75. The molecule has 22 heavy (non-hydrogen) atoms. The maximum Gasteiger partial charge on any atom is 0.137 e. The van der Waals surface area contributed by atoms with E-state index in [0.717, 1.165) is 11.3 Å². The van der Waals surface area contributed by atoms with Crippen molar-refractivity contribution in [2.75, 3.05) is 6.54 Å². The van der Waals surface area contributed by atoms with Gasteiger partial charge in [0.05, 0.1) is 23.6 Å². The smallest absolute Gasteiger partial charge is 0.137 e. The standard InChI is InChI=1S/C17H24N4O/c1-12(2)16(22)17(3,4)11-19-8-14-9-20-15-6-5-13(7-18)10-21(14)15/h5-6,9-10,12,16,19,22H,8,11H2,1-4H3. The Morgan fingerprint density at radius 1 is 1.41 bits per heavy atom. The van der Waals surface area contributed by atoms with Gasteiger partial charge in [-0.2, -0.15) is 5.26 Å². The molecule has 1 unspecified atom stereocenters. The summed E-state index contributed by atoms with van der Waals surface area (Å²) in [5.41, 5.74) is 2.24. The highest BCUT2D eigenvalue weighted by Gasteiger charge is 2.29. The summed E-state index contributed by atoms with van der Waals surface area (Å²) in [7, 11) is 0. The predicted octanol–water partition coefficient (Wildman–Crippen LogP) is 2.34. The molecule has 2 heterocycles. The molecule has 5 nitrogen and oxygen atoms in total. The first-order valence-electron chi connectivity index (χ1n) is 7.60. The monoisotopic (exact) mass is 300 g/mol. The van der Waals surface area contributed by atoms with Gasteiger partial charge < -0.3 is 14.8 Å². The molecule has 0 aliphatic rings. The minimum Gasteiger partial charge on any atom is -0.392 e. The summed E-state index contributed by atoms with van der Waals surface area (Å²) in [6.07, 6.45) is 3.26. The maximum atomic E-state index is 10.3. The van der Waals surface area contributed by atoms with Gasteiger partial charge in [-0.15, -0.1) is 0 Å². The lowest BCUT2D eigenvalue weighted by Gasteiger charge is -2.33. The first-order chi connectivity index (χ1) is 10.3. The minimum absolute atomic E-state index is 0.202. The van der Waals surface area contributed by atoms with Gasteiger partial charge in [-0.25, -0.2) is 4.98 Å². The Bertz CT molecular complexity index is 682. The number of aliphatic hydroxyl groups is 1. The number of rotatable bonds is 6. The van der Waals surface area contributed by atoms with Crippen molar-refractivity contribution < 1.29 is 5.11 Å². The van der Waals surface area contributed by atoms with Crippen LogP contribution in [0.25, 0.3) is 5.65 Å². The Labute approximate surface area is 131 Å². The highest BCUT2D eigenvalue weighted by molar-refractivity contribution is 5.44. The van der Waals surface area contributed by atoms with E-state index in [-0.39, 0.29) is 17.4 Å². The number of nitrogens with one attached hydrogen (secondary N) is 1. The second kappa shape index (κ2) is 6.47. The number of aliphatic hydroxyl groups excluding tert-OH is 1. The number of fused-ring (bicyclic) bond motifs is 1. The van der Waals surface area contributed by atoms with E-state index >= 15 is 0 Å². The minimum atomic E-state index is -0.354. The summed E-state index contributed by atoms with van der Waals surface area (Å²) >= 11 is 0. The predicted molar refractivity (Wildman–Crippen MR) is 86.2 cm³/mol. The first kappa shape index (κ1) is 16.5. The van der Waals surface area contributed by atoms with Gasteiger partial charge in [-0.1, -0.05) is 27.7 Å². The molecular weight excluding hydrogens is 276 g/mol. The lowest BCUT2D eigenvalue weighted by molar-refractivity contribution is 0.0134. The van der Waals surface area contributed by atoms with E-state index in [1.165, 1.54) is 0 Å². The molecule has 0 aliphatic heterocycles. The lowest BCUT2D eigenvalue weighted by atomic mass is 9.81. The van der Waals surface area contributed by atoms with E-state index in [4.69, 9.17) is 5.26 Å². The Morgan fingerprint density at radius 2 is 2.14 bits per heavy atom. The van der Waals surface area contributed by atoms with E-state index in [2.05, 4.69) is 30.2 Å². The number of imidazole rings is 1. The molecule has 118 valence electrons. The number of hydrogen-bond acceptors (Lipinski definition) is 4. The molecule has 0 aliphatic carbocycles. The number of aromatic nitrogens is 2. The molecule has 0 spiro atoms. The average Bonchev–Trinajstić information content (AvgIpc) is 2.88. The van der Waals surface area contributed by atoms with Gasteiger partial charge in [-0.05, 0) is 18.1 Å². The van der Waals surface area contributed by atoms with Crippen LogP contribution in [-0.4, -0.2) is 27.1 Å². The molecule has 0 fully saturated rings. The zero-order chi connectivity index (χ0) is 16.3. The van der Waals surface area contributed by atoms with E-state index in [0.29, 0.717) is 18.7 Å². The van der Waals surface area contributed by atoms with Crippen LogP contribution in [-0.2, 0) is 6.54 Å². The fraction of sp³-hybridized carbons (Fsp3) is 0.529. The van der Waals surface area contributed by atoms with Gasteiger partial charge in [-0.3, -0.25) is 0 Å². The molecule has 2 rings (SSSR count). The first-order valence-corrected chi connectivity index (χ1v) is 7.60. The number of hydrogen-bond donors (Lipinski definition) is 2. The van der Waals surface area contributed by atoms with E-state index in [1.54, 1.807) is 12.3 Å². The highest BCUT2D eigenvalue weighted by atomic mass is 16.3. The maximum absolute atomic E-state index is 10.3. The summed E-state index contributed by atoms with van der Waals surface area (Å²) in [5.74, 6) is 0.228. The Morgan fingerprint density at radius 3 is 2.77 bits per heavy atom. The molecule has 0 bridgehead atoms. The molecule has 1 atom stereocenters. The third kappa shape index (κ3) is 3.46. The molecule has 2 aromatic rings. The summed E-state index contributed by atoms with van der Waals surface area (Å²) in [6.45, 7) is 9.53. The van der Waals surface area contributed by atoms with Crippen LogP contribution < -0.4 is 5.32 Å². The third-order valence-electron chi connectivity index (χ3n) is 4.03. The van der Waals surface area contributed by atoms with Gasteiger partial charge in [0.2, 0.25) is 0 Å². The van der Waals surface area contributed by atoms with Crippen molar-refractivity contribution in [3.05, 3.63) is 35.8 Å². The molecule has 5 heteroatoms. The molecular formula is C17H24N4O. The van der Waals surface area contributed by atoms with E-state index in [1.807, 2.05) is 30.5 Å². The van der Waals surface area contributed by atoms with Crippen molar-refractivity contribution in [2.24, 2.45) is 11.3 Å². The van der Waals surface area contributed by atoms with Gasteiger partial charge in [0.15, 0.2) is 0 Å². The zero-order valence-corrected chi connectivity index (χ0v) is 13.7. The van der Waals surface area contributed by atoms with Crippen molar-refractivity contribution in [1.82, 2.24) is 14.7 Å². The fourth-order valence-corrected chi connectivity index (χ4v) is 2.75. The van der Waals surface area contributed by atoms with Crippen LogP contribution in [0.1, 0.15) is 39.0 Å². The van der Waals surface area contributed by atoms with Gasteiger partial charge in [0.1, 0.15) is 11.7 Å². The summed E-state index contributed by atoms with van der Waals surface area (Å²) in [6, 6.07) is 5.75. The van der Waals surface area contributed by atoms with Crippen LogP contribution in [0.4, 0.5) is 0 Å². The molecule has 2 N–H and O–H groups in total. The van der Waals surface area contributed by atoms with Crippen molar-refractivity contribution in [1.29, 1.82) is 5.26 Å². The molecule has 0 saturated carbocycles. The van der Waals surface area contributed by atoms with Crippen molar-refractivity contribution in [2.45, 2.75) is 40.3 Å². The number of nitriles is 1. The van der Waals surface area contributed by atoms with E-state index < -0.39 is 0 Å². The summed E-state index contributed by atoms with van der Waals surface area (Å²) in [5, 5.41) is 22.6. The second-order valence-electron chi connectivity index (χ2n) is 6.79. The van der Waals surface area contributed by atoms with Crippen molar-refractivity contribution in [3.8, 4) is 6.07 Å². The Kier molecular flexibility index (Phi) is 4.84. The largest absolute Gasteiger partial charge is 0.392 e. The molecule has 0 aromatic carbocycles. The Hall–Kier alpha value is -1.90. The van der Waals surface area contributed by atoms with Crippen LogP contribution in [0.3, 0.4) is 0 Å². The van der Waals surface area contributed by atoms with Crippen molar-refractivity contribution in [3.63, 3.8) is 0 Å². The highest BCUT2D eigenvalue weighted by Crippen LogP contribution is 2.25. The molecule has 2 aromatic heterocycles.